The summed E-state index contributed by atoms with van der Waals surface area (Å²) in [4.78, 5) is 12.0. The van der Waals surface area contributed by atoms with Crippen molar-refractivity contribution < 1.29 is 4.79 Å². The second kappa shape index (κ2) is 7.75. The fourth-order valence-corrected chi connectivity index (χ4v) is 3.64. The second-order valence-corrected chi connectivity index (χ2v) is 6.93. The van der Waals surface area contributed by atoms with Gasteiger partial charge in [-0.1, -0.05) is 53.0 Å². The van der Waals surface area contributed by atoms with Crippen LogP contribution in [0.5, 0.6) is 0 Å². The van der Waals surface area contributed by atoms with Crippen LogP contribution in [-0.2, 0) is 6.42 Å². The van der Waals surface area contributed by atoms with Gasteiger partial charge in [-0.2, -0.15) is 0 Å². The molecule has 2 N–H and O–H groups in total. The number of halogens is 4. The van der Waals surface area contributed by atoms with Crippen LogP contribution in [0.15, 0.2) is 42.5 Å². The number of benzene rings is 2. The highest BCUT2D eigenvalue weighted by atomic mass is 35.5. The minimum atomic E-state index is -0.357. The smallest absolute Gasteiger partial charge is 0.319 e. The summed E-state index contributed by atoms with van der Waals surface area (Å²) in [6.45, 7) is 0.394. The lowest BCUT2D eigenvalue weighted by atomic mass is 10.1. The van der Waals surface area contributed by atoms with Crippen LogP contribution in [0, 0.1) is 0 Å². The number of anilines is 1. The van der Waals surface area contributed by atoms with Crippen LogP contribution < -0.4 is 10.6 Å². The molecule has 0 spiro atoms. The van der Waals surface area contributed by atoms with Crippen molar-refractivity contribution in [3.63, 3.8) is 0 Å². The highest BCUT2D eigenvalue weighted by Gasteiger charge is 2.14. The van der Waals surface area contributed by atoms with E-state index in [-0.39, 0.29) is 6.03 Å². The lowest BCUT2D eigenvalue weighted by Crippen LogP contribution is -2.30. The van der Waals surface area contributed by atoms with Gasteiger partial charge in [0.2, 0.25) is 0 Å². The first kappa shape index (κ1) is 18.2. The molecule has 0 saturated heterocycles. The molecule has 130 valence electrons. The zero-order chi connectivity index (χ0) is 18.0. The van der Waals surface area contributed by atoms with E-state index in [0.717, 1.165) is 16.5 Å². The van der Waals surface area contributed by atoms with Gasteiger partial charge < -0.3 is 10.6 Å². The summed E-state index contributed by atoms with van der Waals surface area (Å²) in [5, 5.41) is 7.77. The number of nitrogens with one attached hydrogen (secondary N) is 2. The van der Waals surface area contributed by atoms with Crippen LogP contribution in [0.1, 0.15) is 5.56 Å². The van der Waals surface area contributed by atoms with E-state index in [2.05, 4.69) is 10.6 Å². The number of para-hydroxylation sites is 1. The Morgan fingerprint density at radius 1 is 1.04 bits per heavy atom. The van der Waals surface area contributed by atoms with Gasteiger partial charge in [-0.15, -0.1) is 0 Å². The summed E-state index contributed by atoms with van der Waals surface area (Å²) < 4.78 is 1.42. The number of fused-ring (bicyclic) bond motifs is 1. The minimum absolute atomic E-state index is 0.357. The predicted octanol–water partition coefficient (Wildman–Crippen LogP) is 5.97. The maximum Gasteiger partial charge on any atom is 0.319 e. The summed E-state index contributed by atoms with van der Waals surface area (Å²) in [5.74, 6) is 0. The topological polar surface area (TPSA) is 46.1 Å². The van der Waals surface area contributed by atoms with Crippen molar-refractivity contribution >= 4 is 69.2 Å². The van der Waals surface area contributed by atoms with E-state index in [0.29, 0.717) is 33.9 Å². The first-order valence-electron chi connectivity index (χ1n) is 7.40. The van der Waals surface area contributed by atoms with Crippen molar-refractivity contribution in [1.82, 2.24) is 9.40 Å². The molecule has 25 heavy (non-hydrogen) atoms. The van der Waals surface area contributed by atoms with Crippen molar-refractivity contribution in [2.24, 2.45) is 0 Å². The molecule has 0 saturated carbocycles. The Balaban J connectivity index is 1.63. The summed E-state index contributed by atoms with van der Waals surface area (Å²) >= 11 is 24.3. The molecule has 0 radical (unpaired) electrons. The fraction of sp³-hybridized carbons (Fsp3) is 0.118. The molecule has 2 aromatic carbocycles. The lowest BCUT2D eigenvalue weighted by molar-refractivity contribution is 0.252. The molecule has 8 heteroatoms. The van der Waals surface area contributed by atoms with Crippen LogP contribution in [-0.4, -0.2) is 16.7 Å². The molecule has 0 atom stereocenters. The zero-order valence-corrected chi connectivity index (χ0v) is 15.8. The van der Waals surface area contributed by atoms with Gasteiger partial charge in [-0.25, -0.2) is 8.88 Å². The Morgan fingerprint density at radius 2 is 1.72 bits per heavy atom. The van der Waals surface area contributed by atoms with Gasteiger partial charge >= 0.3 is 6.03 Å². The van der Waals surface area contributed by atoms with Gasteiger partial charge in [-0.05, 0) is 36.2 Å². The molecule has 2 amide bonds. The van der Waals surface area contributed by atoms with Crippen LogP contribution in [0.3, 0.4) is 0 Å². The Labute approximate surface area is 164 Å². The van der Waals surface area contributed by atoms with Crippen LogP contribution >= 0.6 is 46.6 Å². The van der Waals surface area contributed by atoms with E-state index in [1.54, 1.807) is 18.2 Å². The van der Waals surface area contributed by atoms with Crippen molar-refractivity contribution in [3.05, 3.63) is 63.2 Å². The average molecular weight is 417 g/mol. The molecular weight excluding hydrogens is 404 g/mol. The number of nitrogens with zero attached hydrogens (tertiary/aromatic N) is 1. The normalized spacial score (nSPS) is 10.9. The monoisotopic (exact) mass is 415 g/mol. The number of hydrogen-bond donors (Lipinski definition) is 2. The first-order valence-corrected chi connectivity index (χ1v) is 8.88. The molecule has 3 rings (SSSR count). The Hall–Kier alpha value is -1.59. The summed E-state index contributed by atoms with van der Waals surface area (Å²) in [7, 11) is 0. The molecule has 4 nitrogen and oxygen atoms in total. The number of rotatable bonds is 4. The molecule has 0 fully saturated rings. The molecule has 0 bridgehead atoms. The molecule has 0 aliphatic heterocycles. The Kier molecular flexibility index (Phi) is 5.64. The number of urea groups is 1. The van der Waals surface area contributed by atoms with Crippen LogP contribution in [0.2, 0.25) is 15.2 Å². The molecular formula is C17H13Cl4N3O. The van der Waals surface area contributed by atoms with Gasteiger partial charge in [0.05, 0.1) is 5.52 Å². The van der Waals surface area contributed by atoms with Crippen LogP contribution in [0.4, 0.5) is 10.5 Å². The van der Waals surface area contributed by atoms with Gasteiger partial charge in [0.1, 0.15) is 5.15 Å². The number of carbonyl (C=O) groups is 1. The van der Waals surface area contributed by atoms with Gasteiger partial charge in [0, 0.05) is 39.4 Å². The van der Waals surface area contributed by atoms with Crippen LogP contribution in [0.25, 0.3) is 10.9 Å². The summed E-state index contributed by atoms with van der Waals surface area (Å²) in [6, 6.07) is 12.1. The maximum atomic E-state index is 12.0. The number of hydrogen-bond acceptors (Lipinski definition) is 1. The lowest BCUT2D eigenvalue weighted by Gasteiger charge is -2.08. The number of carbonyl (C=O) groups excluding carboxylic acids is 1. The quantitative estimate of drug-likeness (QED) is 0.540. The molecule has 0 unspecified atom stereocenters. The number of amides is 2. The van der Waals surface area contributed by atoms with Crippen molar-refractivity contribution in [1.29, 1.82) is 0 Å². The average Bonchev–Trinajstić information content (AvgIpc) is 2.79. The van der Waals surface area contributed by atoms with E-state index in [9.17, 15) is 4.79 Å². The van der Waals surface area contributed by atoms with Crippen molar-refractivity contribution in [3.8, 4) is 0 Å². The standard InChI is InChI=1S/C17H13Cl4N3O/c18-10-7-11(19)9-12(8-10)23-17(25)22-6-5-14-13-3-1-2-4-15(13)24(21)16(14)20/h1-4,7-9H,5-6H2,(H2,22,23,25). The van der Waals surface area contributed by atoms with E-state index in [4.69, 9.17) is 46.6 Å². The SMILES string of the molecule is O=C(NCCc1c(Cl)n(Cl)c2ccccc12)Nc1cc(Cl)cc(Cl)c1. The number of aromatic nitrogens is 1. The zero-order valence-electron chi connectivity index (χ0n) is 12.8. The highest BCUT2D eigenvalue weighted by molar-refractivity contribution is 6.36. The van der Waals surface area contributed by atoms with Gasteiger partial charge in [-0.3, -0.25) is 0 Å². The molecule has 1 aromatic heterocycles. The van der Waals surface area contributed by atoms with E-state index in [1.807, 2.05) is 24.3 Å². The fourth-order valence-electron chi connectivity index (χ4n) is 2.58. The maximum absolute atomic E-state index is 12.0. The van der Waals surface area contributed by atoms with E-state index in [1.165, 1.54) is 4.09 Å². The molecule has 0 aliphatic carbocycles. The third-order valence-corrected chi connectivity index (χ3v) is 4.91. The second-order valence-electron chi connectivity index (χ2n) is 5.36. The third kappa shape index (κ3) is 4.15. The van der Waals surface area contributed by atoms with Crippen molar-refractivity contribution in [2.45, 2.75) is 6.42 Å². The molecule has 0 aliphatic rings. The Bertz CT molecular complexity index is 919. The highest BCUT2D eigenvalue weighted by Crippen LogP contribution is 2.31. The van der Waals surface area contributed by atoms with Crippen molar-refractivity contribution in [2.75, 3.05) is 11.9 Å². The van der Waals surface area contributed by atoms with Gasteiger partial charge in [0.25, 0.3) is 0 Å². The summed E-state index contributed by atoms with van der Waals surface area (Å²) in [6.07, 6.45) is 0.544. The van der Waals surface area contributed by atoms with E-state index >= 15 is 0 Å². The first-order chi connectivity index (χ1) is 12.0. The third-order valence-electron chi connectivity index (χ3n) is 3.64. The predicted molar refractivity (Wildman–Crippen MR) is 105 cm³/mol. The van der Waals surface area contributed by atoms with E-state index < -0.39 is 0 Å². The molecule has 1 heterocycles. The Morgan fingerprint density at radius 3 is 2.44 bits per heavy atom. The minimum Gasteiger partial charge on any atom is -0.338 e. The summed E-state index contributed by atoms with van der Waals surface area (Å²) in [5.41, 5.74) is 2.24. The van der Waals surface area contributed by atoms with Gasteiger partial charge in [0.15, 0.2) is 0 Å². The largest absolute Gasteiger partial charge is 0.338 e. The molecule has 3 aromatic rings.